The largest absolute Gasteiger partial charge is 0.497 e. The van der Waals surface area contributed by atoms with Gasteiger partial charge in [0.05, 0.1) is 19.4 Å². The molecule has 3 rings (SSSR count). The molecule has 0 saturated carbocycles. The Kier molecular flexibility index (Phi) is 14.0. The Morgan fingerprint density at radius 2 is 1.64 bits per heavy atom. The molecule has 0 fully saturated rings. The summed E-state index contributed by atoms with van der Waals surface area (Å²) in [5, 5.41) is 9.13. The van der Waals surface area contributed by atoms with Crippen LogP contribution in [0.1, 0.15) is 71.4 Å². The normalized spacial score (nSPS) is 11.0. The number of nitrogens with zero attached hydrogens (tertiary/aromatic N) is 2. The number of thioether (sulfide) groups is 1. The number of hydrogen-bond donors (Lipinski definition) is 1. The number of aryl methyl sites for hydroxylation is 1. The molecule has 0 unspecified atom stereocenters. The molecule has 0 atom stereocenters. The number of carbonyl (C=O) groups is 2. The number of unbranched alkanes of at least 4 members (excludes halogenated alkanes) is 5. The monoisotopic (exact) mass is 590 g/mol. The van der Waals surface area contributed by atoms with Gasteiger partial charge in [0.15, 0.2) is 0 Å². The third kappa shape index (κ3) is 11.6. The van der Waals surface area contributed by atoms with Crippen molar-refractivity contribution in [2.75, 3.05) is 27.8 Å². The molecule has 1 heterocycles. The van der Waals surface area contributed by atoms with Crippen LogP contribution in [0.5, 0.6) is 11.5 Å². The van der Waals surface area contributed by atoms with Crippen molar-refractivity contribution < 1.29 is 24.2 Å². The molecule has 0 aliphatic heterocycles. The minimum Gasteiger partial charge on any atom is -0.497 e. The van der Waals surface area contributed by atoms with Crippen LogP contribution in [-0.4, -0.2) is 54.7 Å². The van der Waals surface area contributed by atoms with Crippen LogP contribution >= 0.6 is 11.8 Å². The first-order valence-corrected chi connectivity index (χ1v) is 15.6. The van der Waals surface area contributed by atoms with Crippen LogP contribution in [0.3, 0.4) is 0 Å². The number of carbonyl (C=O) groups excluding carboxylic acids is 1. The number of rotatable bonds is 18. The van der Waals surface area contributed by atoms with Crippen molar-refractivity contribution in [1.82, 2.24) is 9.88 Å². The maximum absolute atomic E-state index is 12.2. The topological polar surface area (TPSA) is 89.0 Å². The van der Waals surface area contributed by atoms with E-state index in [1.807, 2.05) is 48.5 Å². The molecule has 1 amide bonds. The Balaban J connectivity index is 1.40. The Morgan fingerprint density at radius 3 is 2.36 bits per heavy atom. The predicted molar refractivity (Wildman–Crippen MR) is 170 cm³/mol. The van der Waals surface area contributed by atoms with Gasteiger partial charge in [-0.2, -0.15) is 11.8 Å². The Labute approximate surface area is 254 Å². The van der Waals surface area contributed by atoms with Gasteiger partial charge in [-0.15, -0.1) is 0 Å². The molecule has 0 saturated heterocycles. The molecule has 0 spiro atoms. The van der Waals surface area contributed by atoms with Crippen molar-refractivity contribution in [3.05, 3.63) is 94.8 Å². The molecular weight excluding hydrogens is 548 g/mol. The molecule has 0 radical (unpaired) electrons. The molecule has 7 nitrogen and oxygen atoms in total. The number of benzene rings is 2. The quantitative estimate of drug-likeness (QED) is 0.123. The molecule has 8 heteroatoms. The highest BCUT2D eigenvalue weighted by molar-refractivity contribution is 7.97. The lowest BCUT2D eigenvalue weighted by atomic mass is 10.0. The molecule has 1 N–H and O–H groups in total. The van der Waals surface area contributed by atoms with Gasteiger partial charge in [-0.1, -0.05) is 49.9 Å². The van der Waals surface area contributed by atoms with Gasteiger partial charge in [-0.05, 0) is 72.9 Å². The van der Waals surface area contributed by atoms with E-state index in [1.54, 1.807) is 37.9 Å². The maximum Gasteiger partial charge on any atom is 0.328 e. The molecule has 0 aliphatic carbocycles. The van der Waals surface area contributed by atoms with Crippen LogP contribution in [-0.2, 0) is 22.7 Å². The van der Waals surface area contributed by atoms with Gasteiger partial charge in [0.2, 0.25) is 0 Å². The summed E-state index contributed by atoms with van der Waals surface area (Å²) in [6.07, 6.45) is 10.5. The van der Waals surface area contributed by atoms with Crippen molar-refractivity contribution in [2.24, 2.45) is 0 Å². The van der Waals surface area contributed by atoms with E-state index in [-0.39, 0.29) is 5.91 Å². The van der Waals surface area contributed by atoms with Gasteiger partial charge >= 0.3 is 5.97 Å². The lowest BCUT2D eigenvalue weighted by Gasteiger charge is -2.12. The van der Waals surface area contributed by atoms with E-state index in [9.17, 15) is 9.59 Å². The summed E-state index contributed by atoms with van der Waals surface area (Å²) in [6.45, 7) is 0.567. The second-order valence-corrected chi connectivity index (χ2v) is 11.3. The minimum absolute atomic E-state index is 0.0188. The van der Waals surface area contributed by atoms with Crippen LogP contribution in [0, 0.1) is 0 Å². The molecule has 1 aromatic heterocycles. The summed E-state index contributed by atoms with van der Waals surface area (Å²) < 4.78 is 11.2. The molecule has 42 heavy (non-hydrogen) atoms. The van der Waals surface area contributed by atoms with Gasteiger partial charge in [0.25, 0.3) is 5.91 Å². The standard InChI is InChI=1S/C34H42N2O5S/c1-36(2)34(39)28-13-10-12-27(23-28)24-42-25-29-16-20-32(31(35-29)19-21-33(37)38)41-22-9-7-5-4-6-8-11-26-14-17-30(40-3)18-15-26/h10,12-21,23H,4-9,11,22,24-25H2,1-3H3,(H,37,38). The van der Waals surface area contributed by atoms with E-state index in [0.717, 1.165) is 48.1 Å². The summed E-state index contributed by atoms with van der Waals surface area (Å²) in [5.74, 6) is 1.83. The summed E-state index contributed by atoms with van der Waals surface area (Å²) in [7, 11) is 5.17. The Hall–Kier alpha value is -3.78. The molecule has 224 valence electrons. The third-order valence-electron chi connectivity index (χ3n) is 6.70. The second kappa shape index (κ2) is 17.9. The third-order valence-corrected chi connectivity index (χ3v) is 7.74. The van der Waals surface area contributed by atoms with E-state index in [1.165, 1.54) is 37.3 Å². The highest BCUT2D eigenvalue weighted by Crippen LogP contribution is 2.24. The zero-order chi connectivity index (χ0) is 30.2. The fourth-order valence-electron chi connectivity index (χ4n) is 4.41. The summed E-state index contributed by atoms with van der Waals surface area (Å²) >= 11 is 1.69. The molecular formula is C34H42N2O5S. The molecule has 0 aliphatic rings. The van der Waals surface area contributed by atoms with Gasteiger partial charge in [0.1, 0.15) is 17.2 Å². The zero-order valence-electron chi connectivity index (χ0n) is 24.9. The molecule has 2 aromatic carbocycles. The van der Waals surface area contributed by atoms with Crippen LogP contribution in [0.2, 0.25) is 0 Å². The SMILES string of the molecule is COc1ccc(CCCCCCCCOc2ccc(CSCc3cccc(C(=O)N(C)C)c3)nc2C=CC(=O)O)cc1. The average molecular weight is 591 g/mol. The van der Waals surface area contributed by atoms with Crippen molar-refractivity contribution in [3.8, 4) is 11.5 Å². The summed E-state index contributed by atoms with van der Waals surface area (Å²) in [4.78, 5) is 29.6. The molecule has 0 bridgehead atoms. The Morgan fingerprint density at radius 1 is 0.905 bits per heavy atom. The first-order valence-electron chi connectivity index (χ1n) is 14.4. The van der Waals surface area contributed by atoms with Gasteiger partial charge in [0, 0.05) is 37.2 Å². The number of amides is 1. The fraction of sp³-hybridized carbons (Fsp3) is 0.382. The van der Waals surface area contributed by atoms with E-state index in [2.05, 4.69) is 17.1 Å². The smallest absolute Gasteiger partial charge is 0.328 e. The number of hydrogen-bond acceptors (Lipinski definition) is 6. The van der Waals surface area contributed by atoms with Gasteiger partial charge < -0.3 is 19.5 Å². The number of ether oxygens (including phenoxy) is 2. The van der Waals surface area contributed by atoms with Crippen molar-refractivity contribution >= 4 is 29.7 Å². The lowest BCUT2D eigenvalue weighted by molar-refractivity contribution is -0.131. The van der Waals surface area contributed by atoms with E-state index < -0.39 is 5.97 Å². The number of carboxylic acid groups (broad SMARTS) is 1. The van der Waals surface area contributed by atoms with Crippen LogP contribution in [0.25, 0.3) is 6.08 Å². The van der Waals surface area contributed by atoms with Crippen LogP contribution < -0.4 is 9.47 Å². The first kappa shape index (κ1) is 32.7. The van der Waals surface area contributed by atoms with Crippen molar-refractivity contribution in [3.63, 3.8) is 0 Å². The number of methoxy groups -OCH3 is 1. The summed E-state index contributed by atoms with van der Waals surface area (Å²) in [6, 6.07) is 19.7. The first-order chi connectivity index (χ1) is 20.4. The molecule has 3 aromatic rings. The van der Waals surface area contributed by atoms with Gasteiger partial charge in [-0.3, -0.25) is 4.79 Å². The second-order valence-electron chi connectivity index (χ2n) is 10.3. The number of aromatic nitrogens is 1. The van der Waals surface area contributed by atoms with E-state index in [4.69, 9.17) is 14.6 Å². The fourth-order valence-corrected chi connectivity index (χ4v) is 5.30. The number of pyridine rings is 1. The van der Waals surface area contributed by atoms with E-state index >= 15 is 0 Å². The minimum atomic E-state index is -1.03. The lowest BCUT2D eigenvalue weighted by Crippen LogP contribution is -2.21. The van der Waals surface area contributed by atoms with Crippen LogP contribution in [0.15, 0.2) is 66.7 Å². The zero-order valence-corrected chi connectivity index (χ0v) is 25.7. The average Bonchev–Trinajstić information content (AvgIpc) is 2.99. The number of carboxylic acids is 1. The maximum atomic E-state index is 12.2. The van der Waals surface area contributed by atoms with Gasteiger partial charge in [-0.25, -0.2) is 9.78 Å². The highest BCUT2D eigenvalue weighted by atomic mass is 32.2. The Bertz CT molecular complexity index is 1310. The predicted octanol–water partition coefficient (Wildman–Crippen LogP) is 7.29. The van der Waals surface area contributed by atoms with Crippen LogP contribution in [0.4, 0.5) is 0 Å². The van der Waals surface area contributed by atoms with E-state index in [0.29, 0.717) is 29.4 Å². The highest BCUT2D eigenvalue weighted by Gasteiger charge is 2.10. The summed E-state index contributed by atoms with van der Waals surface area (Å²) in [5.41, 5.74) is 4.44. The van der Waals surface area contributed by atoms with Crippen molar-refractivity contribution in [1.29, 1.82) is 0 Å². The number of aliphatic carboxylic acids is 1. The van der Waals surface area contributed by atoms with Crippen molar-refractivity contribution in [2.45, 2.75) is 56.5 Å².